The molecule has 1 aliphatic carbocycles. The summed E-state index contributed by atoms with van der Waals surface area (Å²) in [4.78, 5) is 5.38. The van der Waals surface area contributed by atoms with E-state index in [0.29, 0.717) is 5.54 Å². The molecule has 0 aromatic heterocycles. The van der Waals surface area contributed by atoms with Crippen molar-refractivity contribution in [1.29, 1.82) is 0 Å². The molecule has 2 heterocycles. The minimum absolute atomic E-state index is 0.338. The Morgan fingerprint density at radius 2 is 2.12 bits per heavy atom. The second kappa shape index (κ2) is 4.52. The average molecular weight is 237 g/mol. The molecule has 3 aliphatic rings. The van der Waals surface area contributed by atoms with E-state index in [0.717, 1.165) is 18.4 Å². The van der Waals surface area contributed by atoms with E-state index in [2.05, 4.69) is 16.7 Å². The fourth-order valence-corrected chi connectivity index (χ4v) is 4.08. The lowest BCUT2D eigenvalue weighted by atomic mass is 9.77. The van der Waals surface area contributed by atoms with Gasteiger partial charge < -0.3 is 10.6 Å². The van der Waals surface area contributed by atoms with Crippen molar-refractivity contribution >= 4 is 0 Å². The maximum Gasteiger partial charge on any atom is 0.0384 e. The monoisotopic (exact) mass is 237 g/mol. The van der Waals surface area contributed by atoms with Crippen molar-refractivity contribution in [2.75, 3.05) is 39.3 Å². The summed E-state index contributed by atoms with van der Waals surface area (Å²) < 4.78 is 0. The van der Waals surface area contributed by atoms with Crippen LogP contribution >= 0.6 is 0 Å². The smallest absolute Gasteiger partial charge is 0.0384 e. The molecule has 3 heteroatoms. The van der Waals surface area contributed by atoms with Crippen molar-refractivity contribution in [2.45, 2.75) is 38.1 Å². The minimum Gasteiger partial charge on any atom is -0.329 e. The SMILES string of the molecule is CCN(CC1CC1)C1(CN)CCN2CCC1C2. The molecule has 0 spiro atoms. The van der Waals surface area contributed by atoms with Gasteiger partial charge in [0.2, 0.25) is 0 Å². The highest BCUT2D eigenvalue weighted by molar-refractivity contribution is 5.05. The third-order valence-electron chi connectivity index (χ3n) is 5.43. The molecule has 0 aromatic rings. The molecule has 0 amide bonds. The van der Waals surface area contributed by atoms with Crippen molar-refractivity contribution in [1.82, 2.24) is 9.80 Å². The van der Waals surface area contributed by atoms with E-state index >= 15 is 0 Å². The van der Waals surface area contributed by atoms with E-state index in [4.69, 9.17) is 5.73 Å². The topological polar surface area (TPSA) is 32.5 Å². The molecule has 2 bridgehead atoms. The van der Waals surface area contributed by atoms with Crippen LogP contribution in [0.15, 0.2) is 0 Å². The Kier molecular flexibility index (Phi) is 3.18. The Balaban J connectivity index is 1.77. The van der Waals surface area contributed by atoms with Gasteiger partial charge in [-0.3, -0.25) is 4.90 Å². The summed E-state index contributed by atoms with van der Waals surface area (Å²) in [6.45, 7) is 9.57. The third-order valence-corrected chi connectivity index (χ3v) is 5.43. The lowest BCUT2D eigenvalue weighted by molar-refractivity contribution is 0.00805. The number of nitrogens with two attached hydrogens (primary N) is 1. The van der Waals surface area contributed by atoms with Gasteiger partial charge in [0.25, 0.3) is 0 Å². The van der Waals surface area contributed by atoms with Gasteiger partial charge in [0.15, 0.2) is 0 Å². The summed E-state index contributed by atoms with van der Waals surface area (Å²) in [5.41, 5.74) is 6.57. The summed E-state index contributed by atoms with van der Waals surface area (Å²) in [5, 5.41) is 0. The van der Waals surface area contributed by atoms with E-state index in [1.54, 1.807) is 0 Å². The zero-order valence-corrected chi connectivity index (χ0v) is 11.2. The molecule has 2 aliphatic heterocycles. The van der Waals surface area contributed by atoms with Crippen LogP contribution in [0.4, 0.5) is 0 Å². The Hall–Kier alpha value is -0.120. The summed E-state index contributed by atoms with van der Waals surface area (Å²) in [6, 6.07) is 0. The summed E-state index contributed by atoms with van der Waals surface area (Å²) in [5.74, 6) is 1.82. The number of piperidine rings is 1. The predicted octanol–water partition coefficient (Wildman–Crippen LogP) is 1.14. The van der Waals surface area contributed by atoms with Gasteiger partial charge in [-0.2, -0.15) is 0 Å². The van der Waals surface area contributed by atoms with Crippen molar-refractivity contribution in [3.63, 3.8) is 0 Å². The van der Waals surface area contributed by atoms with Gasteiger partial charge in [-0.25, -0.2) is 0 Å². The zero-order valence-electron chi connectivity index (χ0n) is 11.2. The third kappa shape index (κ3) is 2.02. The molecule has 2 saturated heterocycles. The predicted molar refractivity (Wildman–Crippen MR) is 70.9 cm³/mol. The number of fused-ring (bicyclic) bond motifs is 2. The van der Waals surface area contributed by atoms with Crippen LogP contribution in [-0.2, 0) is 0 Å². The molecule has 2 N–H and O–H groups in total. The van der Waals surface area contributed by atoms with Crippen LogP contribution in [0.2, 0.25) is 0 Å². The Bertz CT molecular complexity index is 277. The Labute approximate surface area is 105 Å². The van der Waals surface area contributed by atoms with Gasteiger partial charge >= 0.3 is 0 Å². The Morgan fingerprint density at radius 3 is 2.76 bits per heavy atom. The van der Waals surface area contributed by atoms with Gasteiger partial charge in [0.05, 0.1) is 0 Å². The zero-order chi connectivity index (χ0) is 11.9. The van der Waals surface area contributed by atoms with Gasteiger partial charge in [-0.1, -0.05) is 6.92 Å². The van der Waals surface area contributed by atoms with E-state index < -0.39 is 0 Å². The molecule has 3 atom stereocenters. The standard InChI is InChI=1S/C14H27N3/c1-2-17(9-12-3-4-12)14(11-15)6-8-16-7-5-13(14)10-16/h12-13H,2-11,15H2,1H3. The van der Waals surface area contributed by atoms with Crippen LogP contribution in [0.3, 0.4) is 0 Å². The van der Waals surface area contributed by atoms with Crippen molar-refractivity contribution < 1.29 is 0 Å². The maximum absolute atomic E-state index is 6.24. The highest BCUT2D eigenvalue weighted by atomic mass is 15.3. The minimum atomic E-state index is 0.338. The van der Waals surface area contributed by atoms with Crippen LogP contribution in [0.25, 0.3) is 0 Å². The number of likely N-dealkylation sites (N-methyl/N-ethyl adjacent to an activating group) is 1. The fraction of sp³-hybridized carbons (Fsp3) is 1.00. The molecular formula is C14H27N3. The van der Waals surface area contributed by atoms with Gasteiger partial charge in [-0.15, -0.1) is 0 Å². The number of hydrogen-bond donors (Lipinski definition) is 1. The van der Waals surface area contributed by atoms with E-state index in [1.165, 1.54) is 58.4 Å². The normalized spacial score (nSPS) is 41.1. The number of nitrogens with zero attached hydrogens (tertiary/aromatic N) is 2. The largest absolute Gasteiger partial charge is 0.329 e. The van der Waals surface area contributed by atoms with E-state index in [-0.39, 0.29) is 0 Å². The first-order valence-corrected chi connectivity index (χ1v) is 7.46. The molecule has 98 valence electrons. The fourth-order valence-electron chi connectivity index (χ4n) is 4.08. The first-order valence-electron chi connectivity index (χ1n) is 7.46. The molecule has 3 rings (SSSR count). The summed E-state index contributed by atoms with van der Waals surface area (Å²) >= 11 is 0. The Morgan fingerprint density at radius 1 is 1.29 bits per heavy atom. The molecule has 3 nitrogen and oxygen atoms in total. The molecule has 3 fully saturated rings. The molecule has 17 heavy (non-hydrogen) atoms. The summed E-state index contributed by atoms with van der Waals surface area (Å²) in [7, 11) is 0. The molecule has 1 saturated carbocycles. The van der Waals surface area contributed by atoms with E-state index in [9.17, 15) is 0 Å². The summed E-state index contributed by atoms with van der Waals surface area (Å²) in [6.07, 6.45) is 5.58. The highest BCUT2D eigenvalue weighted by Gasteiger charge is 2.49. The lowest BCUT2D eigenvalue weighted by Crippen LogP contribution is -2.62. The second-order valence-corrected chi connectivity index (χ2v) is 6.33. The lowest BCUT2D eigenvalue weighted by Gasteiger charge is -2.50. The quantitative estimate of drug-likeness (QED) is 0.778. The van der Waals surface area contributed by atoms with Crippen molar-refractivity contribution in [3.8, 4) is 0 Å². The van der Waals surface area contributed by atoms with Crippen molar-refractivity contribution in [2.24, 2.45) is 17.6 Å². The number of hydrogen-bond acceptors (Lipinski definition) is 3. The number of rotatable bonds is 5. The van der Waals surface area contributed by atoms with Crippen LogP contribution in [0.1, 0.15) is 32.6 Å². The highest BCUT2D eigenvalue weighted by Crippen LogP contribution is 2.41. The van der Waals surface area contributed by atoms with Crippen LogP contribution < -0.4 is 5.73 Å². The molecular weight excluding hydrogens is 210 g/mol. The van der Waals surface area contributed by atoms with Crippen molar-refractivity contribution in [3.05, 3.63) is 0 Å². The van der Waals surface area contributed by atoms with Crippen LogP contribution in [0.5, 0.6) is 0 Å². The average Bonchev–Trinajstić information content (AvgIpc) is 3.10. The molecule has 0 aromatic carbocycles. The second-order valence-electron chi connectivity index (χ2n) is 6.33. The first kappa shape index (κ1) is 11.9. The van der Waals surface area contributed by atoms with Crippen LogP contribution in [-0.4, -0.2) is 54.6 Å². The van der Waals surface area contributed by atoms with E-state index in [1.807, 2.05) is 0 Å². The molecule has 3 unspecified atom stereocenters. The molecule has 0 radical (unpaired) electrons. The maximum atomic E-state index is 6.24. The van der Waals surface area contributed by atoms with Crippen LogP contribution in [0, 0.1) is 11.8 Å². The first-order chi connectivity index (χ1) is 8.28. The van der Waals surface area contributed by atoms with Gasteiger partial charge in [0.1, 0.15) is 0 Å². The van der Waals surface area contributed by atoms with Gasteiger partial charge in [0, 0.05) is 25.2 Å². The van der Waals surface area contributed by atoms with Gasteiger partial charge in [-0.05, 0) is 57.2 Å².